The molecule has 1 saturated carbocycles. The first kappa shape index (κ1) is 27.4. The van der Waals surface area contributed by atoms with Gasteiger partial charge >= 0.3 is 0 Å². The van der Waals surface area contributed by atoms with E-state index in [2.05, 4.69) is 26.1 Å². The molecule has 5 rings (SSSR count). The van der Waals surface area contributed by atoms with Crippen LogP contribution < -0.4 is 16.0 Å². The molecule has 0 bridgehead atoms. The number of hydrogen-bond donors (Lipinski definition) is 3. The molecule has 4 atom stereocenters. The zero-order valence-electron chi connectivity index (χ0n) is 21.8. The lowest BCUT2D eigenvalue weighted by Gasteiger charge is -2.40. The summed E-state index contributed by atoms with van der Waals surface area (Å²) in [5.41, 5.74) is 5.94. The van der Waals surface area contributed by atoms with Gasteiger partial charge in [0.05, 0.1) is 17.2 Å². The zero-order chi connectivity index (χ0) is 27.6. The SMILES string of the molecule is CC(C)(C)C[C@@H]1N[C@@H](C(N)=O)[C@H](c2cccc(Cl)c2F)[C@]12C(=O)N(C1CCC(O)CC1)c1cc(Cl)ccc12. The lowest BCUT2D eigenvalue weighted by molar-refractivity contribution is -0.125. The largest absolute Gasteiger partial charge is 0.393 e. The van der Waals surface area contributed by atoms with E-state index in [9.17, 15) is 14.7 Å². The van der Waals surface area contributed by atoms with Crippen molar-refractivity contribution in [3.05, 3.63) is 63.4 Å². The third-order valence-corrected chi connectivity index (χ3v) is 8.99. The van der Waals surface area contributed by atoms with Crippen LogP contribution in [-0.4, -0.2) is 41.2 Å². The number of nitrogens with zero attached hydrogens (tertiary/aromatic N) is 1. The van der Waals surface area contributed by atoms with Crippen LogP contribution in [-0.2, 0) is 15.0 Å². The number of carbonyl (C=O) groups is 2. The van der Waals surface area contributed by atoms with E-state index in [-0.39, 0.29) is 28.0 Å². The molecule has 2 aromatic carbocycles. The minimum atomic E-state index is -1.32. The number of amides is 2. The number of hydrogen-bond acceptors (Lipinski definition) is 4. The quantitative estimate of drug-likeness (QED) is 0.485. The Kier molecular flexibility index (Phi) is 7.04. The van der Waals surface area contributed by atoms with Gasteiger partial charge in [0.2, 0.25) is 11.8 Å². The highest BCUT2D eigenvalue weighted by Gasteiger charge is 2.68. The number of anilines is 1. The number of halogens is 3. The predicted molar refractivity (Wildman–Crippen MR) is 147 cm³/mol. The second-order valence-electron chi connectivity index (χ2n) is 12.2. The average molecular weight is 563 g/mol. The van der Waals surface area contributed by atoms with Crippen LogP contribution in [0.4, 0.5) is 10.1 Å². The van der Waals surface area contributed by atoms with Crippen molar-refractivity contribution in [1.82, 2.24) is 5.32 Å². The summed E-state index contributed by atoms with van der Waals surface area (Å²) in [7, 11) is 0. The summed E-state index contributed by atoms with van der Waals surface area (Å²) in [6.07, 6.45) is 2.55. The van der Waals surface area contributed by atoms with E-state index in [1.165, 1.54) is 6.07 Å². The molecular formula is C29H34Cl2FN3O3. The number of carbonyl (C=O) groups excluding carboxylic acids is 2. The van der Waals surface area contributed by atoms with Gasteiger partial charge in [0.1, 0.15) is 11.2 Å². The van der Waals surface area contributed by atoms with Crippen LogP contribution in [0.25, 0.3) is 0 Å². The summed E-state index contributed by atoms with van der Waals surface area (Å²) in [5, 5.41) is 13.9. The maximum absolute atomic E-state index is 15.8. The van der Waals surface area contributed by atoms with Crippen molar-refractivity contribution in [2.24, 2.45) is 11.1 Å². The molecular weight excluding hydrogens is 528 g/mol. The van der Waals surface area contributed by atoms with Gasteiger partial charge in [-0.25, -0.2) is 4.39 Å². The maximum Gasteiger partial charge on any atom is 0.240 e. The third-order valence-electron chi connectivity index (χ3n) is 8.46. The van der Waals surface area contributed by atoms with Crippen molar-refractivity contribution in [2.75, 3.05) is 4.90 Å². The van der Waals surface area contributed by atoms with Crippen LogP contribution >= 0.6 is 23.2 Å². The van der Waals surface area contributed by atoms with Crippen molar-refractivity contribution in [3.8, 4) is 0 Å². The molecule has 0 aromatic heterocycles. The summed E-state index contributed by atoms with van der Waals surface area (Å²) in [6, 6.07) is 8.35. The number of fused-ring (bicyclic) bond motifs is 2. The van der Waals surface area contributed by atoms with Gasteiger partial charge in [0.15, 0.2) is 0 Å². The molecule has 6 nitrogen and oxygen atoms in total. The summed E-state index contributed by atoms with van der Waals surface area (Å²) in [6.45, 7) is 6.20. The standard InChI is InChI=1S/C29H34Cl2FN3O3/c1-28(2,3)14-22-29(23(25(34-22)26(33)37)18-5-4-6-20(31)24(18)32)19-12-7-15(30)13-21(19)35(27(29)38)16-8-10-17(36)11-9-16/h4-7,12-13,16-17,22-23,25,34,36H,8-11,14H2,1-3H3,(H2,33,37)/t16?,17?,22-,23-,25+,29+/m0/s1. The minimum Gasteiger partial charge on any atom is -0.393 e. The Bertz CT molecular complexity index is 1270. The molecule has 204 valence electrons. The summed E-state index contributed by atoms with van der Waals surface area (Å²) in [5.74, 6) is -2.46. The van der Waals surface area contributed by atoms with Gasteiger partial charge in [0, 0.05) is 28.7 Å². The van der Waals surface area contributed by atoms with Crippen molar-refractivity contribution >= 4 is 40.7 Å². The van der Waals surface area contributed by atoms with Crippen molar-refractivity contribution in [2.45, 2.75) is 88.4 Å². The van der Waals surface area contributed by atoms with Gasteiger partial charge in [-0.1, -0.05) is 62.2 Å². The van der Waals surface area contributed by atoms with E-state index in [1.807, 2.05) is 6.07 Å². The molecule has 3 aliphatic rings. The maximum atomic E-state index is 15.8. The van der Waals surface area contributed by atoms with E-state index in [0.717, 1.165) is 0 Å². The van der Waals surface area contributed by atoms with Crippen LogP contribution in [0.1, 0.15) is 69.9 Å². The molecule has 38 heavy (non-hydrogen) atoms. The Morgan fingerprint density at radius 3 is 2.50 bits per heavy atom. The Morgan fingerprint density at radius 2 is 1.87 bits per heavy atom. The lowest BCUT2D eigenvalue weighted by atomic mass is 9.62. The Labute approximate surface area is 232 Å². The Hall–Kier alpha value is -2.19. The molecule has 1 aliphatic carbocycles. The van der Waals surface area contributed by atoms with Crippen LogP contribution in [0.15, 0.2) is 36.4 Å². The van der Waals surface area contributed by atoms with Crippen LogP contribution in [0.5, 0.6) is 0 Å². The second kappa shape index (κ2) is 9.77. The third kappa shape index (κ3) is 4.32. The lowest BCUT2D eigenvalue weighted by Crippen LogP contribution is -2.54. The number of aliphatic hydroxyl groups excluding tert-OH is 1. The number of nitrogens with two attached hydrogens (primary N) is 1. The van der Waals surface area contributed by atoms with E-state index in [1.54, 1.807) is 29.2 Å². The van der Waals surface area contributed by atoms with E-state index in [0.29, 0.717) is 48.4 Å². The highest BCUT2D eigenvalue weighted by molar-refractivity contribution is 6.31. The first-order valence-electron chi connectivity index (χ1n) is 13.2. The van der Waals surface area contributed by atoms with E-state index in [4.69, 9.17) is 28.9 Å². The average Bonchev–Trinajstić information content (AvgIpc) is 3.28. The zero-order valence-corrected chi connectivity index (χ0v) is 23.3. The first-order chi connectivity index (χ1) is 17.9. The number of rotatable bonds is 4. The number of benzene rings is 2. The topological polar surface area (TPSA) is 95.7 Å². The molecule has 1 saturated heterocycles. The molecule has 2 aromatic rings. The molecule has 2 amide bonds. The number of aliphatic hydroxyl groups is 1. The van der Waals surface area contributed by atoms with Crippen molar-refractivity contribution < 1.29 is 19.1 Å². The molecule has 0 radical (unpaired) electrons. The van der Waals surface area contributed by atoms with Crippen LogP contribution in [0, 0.1) is 11.2 Å². The molecule has 1 spiro atoms. The smallest absolute Gasteiger partial charge is 0.240 e. The fourth-order valence-corrected chi connectivity index (χ4v) is 7.33. The number of nitrogens with one attached hydrogen (secondary N) is 1. The monoisotopic (exact) mass is 561 g/mol. The molecule has 4 N–H and O–H groups in total. The van der Waals surface area contributed by atoms with Gasteiger partial charge in [-0.05, 0) is 66.8 Å². The highest BCUT2D eigenvalue weighted by Crippen LogP contribution is 2.59. The normalized spacial score (nSPS) is 31.2. The van der Waals surface area contributed by atoms with Crippen LogP contribution in [0.2, 0.25) is 10.0 Å². The highest BCUT2D eigenvalue weighted by atomic mass is 35.5. The minimum absolute atomic E-state index is 0.0833. The fourth-order valence-electron chi connectivity index (χ4n) is 6.98. The molecule has 0 unspecified atom stereocenters. The van der Waals surface area contributed by atoms with Gasteiger partial charge in [-0.15, -0.1) is 0 Å². The van der Waals surface area contributed by atoms with Gasteiger partial charge < -0.3 is 21.1 Å². The van der Waals surface area contributed by atoms with Crippen molar-refractivity contribution in [1.29, 1.82) is 0 Å². The molecule has 2 fully saturated rings. The van der Waals surface area contributed by atoms with Gasteiger partial charge in [-0.2, -0.15) is 0 Å². The van der Waals surface area contributed by atoms with Gasteiger partial charge in [-0.3, -0.25) is 9.59 Å². The molecule has 9 heteroatoms. The summed E-state index contributed by atoms with van der Waals surface area (Å²) >= 11 is 12.7. The first-order valence-corrected chi connectivity index (χ1v) is 13.9. The van der Waals surface area contributed by atoms with Gasteiger partial charge in [0.25, 0.3) is 0 Å². The fraction of sp³-hybridized carbons (Fsp3) is 0.517. The Balaban J connectivity index is 1.79. The van der Waals surface area contributed by atoms with Crippen LogP contribution in [0.3, 0.4) is 0 Å². The summed E-state index contributed by atoms with van der Waals surface area (Å²) in [4.78, 5) is 29.7. The van der Waals surface area contributed by atoms with E-state index < -0.39 is 41.2 Å². The molecule has 2 heterocycles. The second-order valence-corrected chi connectivity index (χ2v) is 13.0. The van der Waals surface area contributed by atoms with Crippen molar-refractivity contribution in [3.63, 3.8) is 0 Å². The number of primary amides is 1. The van der Waals surface area contributed by atoms with E-state index >= 15 is 4.39 Å². The summed E-state index contributed by atoms with van der Waals surface area (Å²) < 4.78 is 15.8. The predicted octanol–water partition coefficient (Wildman–Crippen LogP) is 5.07. The molecule has 2 aliphatic heterocycles. The Morgan fingerprint density at radius 1 is 1.18 bits per heavy atom.